The van der Waals surface area contributed by atoms with E-state index in [0.717, 1.165) is 33.7 Å². The fourth-order valence-electron chi connectivity index (χ4n) is 2.84. The first-order valence-electron chi connectivity index (χ1n) is 9.14. The van der Waals surface area contributed by atoms with E-state index in [0.29, 0.717) is 10.9 Å². The molecule has 2 aromatic heterocycles. The van der Waals surface area contributed by atoms with E-state index in [1.165, 1.54) is 18.3 Å². The van der Waals surface area contributed by atoms with E-state index < -0.39 is 0 Å². The van der Waals surface area contributed by atoms with Crippen molar-refractivity contribution in [2.75, 3.05) is 12.4 Å². The number of hydrogen-bond donors (Lipinski definition) is 1. The fraction of sp³-hybridized carbons (Fsp3) is 0.143. The number of anilines is 1. The summed E-state index contributed by atoms with van der Waals surface area (Å²) < 4.78 is 7.39. The number of methoxy groups -OCH3 is 1. The lowest BCUT2D eigenvalue weighted by Crippen LogP contribution is -2.05. The Labute approximate surface area is 182 Å². The average molecular weight is 438 g/mol. The molecule has 0 aliphatic heterocycles. The average Bonchev–Trinajstić information content (AvgIpc) is 3.39. The van der Waals surface area contributed by atoms with Gasteiger partial charge in [-0.1, -0.05) is 42.1 Å². The lowest BCUT2D eigenvalue weighted by Gasteiger charge is -2.10. The van der Waals surface area contributed by atoms with Crippen molar-refractivity contribution in [1.29, 1.82) is 0 Å². The zero-order valence-electron chi connectivity index (χ0n) is 16.4. The van der Waals surface area contributed by atoms with Crippen LogP contribution < -0.4 is 10.1 Å². The Balaban J connectivity index is 1.65. The molecule has 0 saturated heterocycles. The van der Waals surface area contributed by atoms with Crippen LogP contribution in [0, 0.1) is 0 Å². The van der Waals surface area contributed by atoms with Gasteiger partial charge in [0.05, 0.1) is 12.8 Å². The van der Waals surface area contributed by atoms with Gasteiger partial charge in [-0.15, -0.1) is 21.5 Å². The van der Waals surface area contributed by atoms with Gasteiger partial charge in [0, 0.05) is 29.3 Å². The summed E-state index contributed by atoms with van der Waals surface area (Å²) in [5, 5.41) is 14.9. The maximum atomic E-state index is 11.2. The van der Waals surface area contributed by atoms with E-state index >= 15 is 0 Å². The summed E-state index contributed by atoms with van der Waals surface area (Å²) in [5.41, 5.74) is 2.76. The van der Waals surface area contributed by atoms with Crippen LogP contribution in [0.15, 0.2) is 65.1 Å². The molecule has 0 unspecified atom stereocenters. The number of thiazole rings is 1. The number of hydrogen-bond acceptors (Lipinski definition) is 7. The maximum Gasteiger partial charge on any atom is 0.223 e. The third kappa shape index (κ3) is 4.52. The van der Waals surface area contributed by atoms with Gasteiger partial charge in [-0.3, -0.25) is 9.36 Å². The number of thioether (sulfide) groups is 1. The predicted octanol–water partition coefficient (Wildman–Crippen LogP) is 4.65. The number of nitrogens with zero attached hydrogens (tertiary/aromatic N) is 4. The zero-order valence-corrected chi connectivity index (χ0v) is 18.0. The van der Waals surface area contributed by atoms with Gasteiger partial charge in [0.1, 0.15) is 5.75 Å². The second kappa shape index (κ2) is 9.10. The zero-order chi connectivity index (χ0) is 20.9. The minimum absolute atomic E-state index is 0.129. The monoisotopic (exact) mass is 437 g/mol. The van der Waals surface area contributed by atoms with Crippen LogP contribution in [0.1, 0.15) is 12.6 Å². The second-order valence-corrected chi connectivity index (χ2v) is 8.12. The molecule has 0 atom stereocenters. The van der Waals surface area contributed by atoms with Crippen LogP contribution in [0.5, 0.6) is 5.75 Å². The molecule has 0 saturated carbocycles. The van der Waals surface area contributed by atoms with E-state index in [9.17, 15) is 4.79 Å². The van der Waals surface area contributed by atoms with Gasteiger partial charge in [-0.05, 0) is 24.3 Å². The number of carbonyl (C=O) groups is 1. The topological polar surface area (TPSA) is 81.9 Å². The molecule has 0 radical (unpaired) electrons. The molecule has 1 amide bonds. The molecule has 4 rings (SSSR count). The largest absolute Gasteiger partial charge is 0.497 e. The lowest BCUT2D eigenvalue weighted by atomic mass is 10.2. The van der Waals surface area contributed by atoms with E-state index in [2.05, 4.69) is 20.5 Å². The Morgan fingerprint density at radius 3 is 2.77 bits per heavy atom. The molecule has 0 fully saturated rings. The number of aromatic nitrogens is 4. The highest BCUT2D eigenvalue weighted by Gasteiger charge is 2.17. The van der Waals surface area contributed by atoms with Crippen LogP contribution in [0.2, 0.25) is 0 Å². The van der Waals surface area contributed by atoms with Gasteiger partial charge in [-0.25, -0.2) is 4.98 Å². The third-order valence-corrected chi connectivity index (χ3v) is 5.93. The second-order valence-electron chi connectivity index (χ2n) is 6.32. The van der Waals surface area contributed by atoms with Crippen molar-refractivity contribution >= 4 is 34.1 Å². The maximum absolute atomic E-state index is 11.2. The molecule has 7 nitrogen and oxygen atoms in total. The summed E-state index contributed by atoms with van der Waals surface area (Å²) in [6.07, 6.45) is 0. The number of ether oxygens (including phenoxy) is 1. The number of benzene rings is 2. The number of carbonyl (C=O) groups excluding carboxylic acids is 1. The standard InChI is InChI=1S/C21H19N5O2S2/c1-14(27)22-20-23-16(12-29-20)13-30-21-25-24-19(15-7-6-10-18(11-15)28-2)26(21)17-8-4-3-5-9-17/h3-12H,13H2,1-2H3,(H,22,23,27). The SMILES string of the molecule is COc1cccc(-c2nnc(SCc3csc(NC(C)=O)n3)n2-c2ccccc2)c1. The first kappa shape index (κ1) is 20.1. The molecule has 30 heavy (non-hydrogen) atoms. The van der Waals surface area contributed by atoms with Gasteiger partial charge in [0.2, 0.25) is 5.91 Å². The molecular formula is C21H19N5O2S2. The summed E-state index contributed by atoms with van der Waals surface area (Å²) in [6.45, 7) is 1.47. The van der Waals surface area contributed by atoms with Crippen LogP contribution >= 0.6 is 23.1 Å². The summed E-state index contributed by atoms with van der Waals surface area (Å²) in [7, 11) is 1.64. The van der Waals surface area contributed by atoms with Crippen molar-refractivity contribution in [2.45, 2.75) is 17.8 Å². The summed E-state index contributed by atoms with van der Waals surface area (Å²) in [4.78, 5) is 15.7. The number of para-hydroxylation sites is 1. The Morgan fingerprint density at radius 2 is 2.00 bits per heavy atom. The molecule has 0 bridgehead atoms. The number of amides is 1. The Kier molecular flexibility index (Phi) is 6.10. The van der Waals surface area contributed by atoms with Crippen molar-refractivity contribution in [3.8, 4) is 22.8 Å². The minimum Gasteiger partial charge on any atom is -0.497 e. The van der Waals surface area contributed by atoms with E-state index in [4.69, 9.17) is 4.74 Å². The van der Waals surface area contributed by atoms with Crippen LogP contribution in [-0.4, -0.2) is 32.8 Å². The van der Waals surface area contributed by atoms with Crippen LogP contribution in [0.3, 0.4) is 0 Å². The molecule has 4 aromatic rings. The molecule has 2 heterocycles. The lowest BCUT2D eigenvalue weighted by molar-refractivity contribution is -0.114. The van der Waals surface area contributed by atoms with Gasteiger partial charge in [0.25, 0.3) is 0 Å². The van der Waals surface area contributed by atoms with Crippen molar-refractivity contribution in [3.05, 3.63) is 65.7 Å². The first-order valence-corrected chi connectivity index (χ1v) is 11.0. The van der Waals surface area contributed by atoms with Gasteiger partial charge < -0.3 is 10.1 Å². The van der Waals surface area contributed by atoms with Crippen molar-refractivity contribution < 1.29 is 9.53 Å². The first-order chi connectivity index (χ1) is 14.6. The minimum atomic E-state index is -0.129. The molecule has 9 heteroatoms. The summed E-state index contributed by atoms with van der Waals surface area (Å²) >= 11 is 2.95. The summed E-state index contributed by atoms with van der Waals surface area (Å²) in [6, 6.07) is 17.8. The van der Waals surface area contributed by atoms with Crippen molar-refractivity contribution in [1.82, 2.24) is 19.7 Å². The van der Waals surface area contributed by atoms with Gasteiger partial charge in [0.15, 0.2) is 16.1 Å². The highest BCUT2D eigenvalue weighted by Crippen LogP contribution is 2.31. The molecule has 0 aliphatic carbocycles. The van der Waals surface area contributed by atoms with E-state index in [1.54, 1.807) is 18.9 Å². The van der Waals surface area contributed by atoms with Crippen LogP contribution in [-0.2, 0) is 10.5 Å². The van der Waals surface area contributed by atoms with E-state index in [1.807, 2.05) is 64.5 Å². The Morgan fingerprint density at radius 1 is 1.17 bits per heavy atom. The molecule has 0 aliphatic rings. The van der Waals surface area contributed by atoms with E-state index in [-0.39, 0.29) is 5.91 Å². The van der Waals surface area contributed by atoms with Crippen molar-refractivity contribution in [3.63, 3.8) is 0 Å². The fourth-order valence-corrected chi connectivity index (χ4v) is 4.55. The Hall–Kier alpha value is -3.17. The van der Waals surface area contributed by atoms with Crippen LogP contribution in [0.25, 0.3) is 17.1 Å². The Bertz CT molecular complexity index is 1160. The van der Waals surface area contributed by atoms with Crippen molar-refractivity contribution in [2.24, 2.45) is 0 Å². The molecule has 0 spiro atoms. The summed E-state index contributed by atoms with van der Waals surface area (Å²) in [5.74, 6) is 1.98. The highest BCUT2D eigenvalue weighted by atomic mass is 32.2. The smallest absolute Gasteiger partial charge is 0.223 e. The third-order valence-electron chi connectivity index (χ3n) is 4.16. The predicted molar refractivity (Wildman–Crippen MR) is 119 cm³/mol. The normalized spacial score (nSPS) is 10.7. The molecule has 1 N–H and O–H groups in total. The molecule has 2 aromatic carbocycles. The number of rotatable bonds is 7. The van der Waals surface area contributed by atoms with Gasteiger partial charge in [-0.2, -0.15) is 0 Å². The highest BCUT2D eigenvalue weighted by molar-refractivity contribution is 7.98. The van der Waals surface area contributed by atoms with Crippen LogP contribution in [0.4, 0.5) is 5.13 Å². The molecule has 152 valence electrons. The number of nitrogens with one attached hydrogen (secondary N) is 1. The van der Waals surface area contributed by atoms with Gasteiger partial charge >= 0.3 is 0 Å². The molecular weight excluding hydrogens is 418 g/mol. The quantitative estimate of drug-likeness (QED) is 0.424.